The fourth-order valence-corrected chi connectivity index (χ4v) is 7.52. The molecule has 1 aliphatic heterocycles. The summed E-state index contributed by atoms with van der Waals surface area (Å²) in [7, 11) is 1.38. The third-order valence-corrected chi connectivity index (χ3v) is 9.87. The third-order valence-electron chi connectivity index (χ3n) is 9.87. The van der Waals surface area contributed by atoms with Crippen LogP contribution in [0.5, 0.6) is 17.2 Å². The van der Waals surface area contributed by atoms with E-state index in [4.69, 9.17) is 19.9 Å². The van der Waals surface area contributed by atoms with Crippen molar-refractivity contribution < 1.29 is 43.9 Å². The zero-order valence-corrected chi connectivity index (χ0v) is 22.1. The van der Waals surface area contributed by atoms with Crippen LogP contribution in [-0.4, -0.2) is 64.3 Å². The zero-order chi connectivity index (χ0) is 28.1. The molecule has 4 unspecified atom stereocenters. The van der Waals surface area contributed by atoms with Gasteiger partial charge in [0.25, 0.3) is 0 Å². The van der Waals surface area contributed by atoms with Crippen molar-refractivity contribution in [1.29, 1.82) is 0 Å². The number of aliphatic hydroxyl groups excluding tert-OH is 1. The number of phenols is 2. The average Bonchev–Trinajstić information content (AvgIpc) is 3.87. The normalized spacial score (nSPS) is 28.6. The first kappa shape index (κ1) is 25.6. The topological polar surface area (TPSA) is 166 Å². The zero-order valence-electron chi connectivity index (χ0n) is 22.1. The van der Waals surface area contributed by atoms with Gasteiger partial charge in [-0.3, -0.25) is 14.4 Å². The maximum atomic E-state index is 13.7. The Bertz CT molecular complexity index is 1490. The lowest BCUT2D eigenvalue weighted by Crippen LogP contribution is -2.52. The molecule has 10 nitrogen and oxygen atoms in total. The van der Waals surface area contributed by atoms with Gasteiger partial charge in [-0.05, 0) is 44.6 Å². The molecule has 4 aliphatic carbocycles. The number of rotatable bonds is 5. The molecule has 2 aromatic carbocycles. The molecular formula is C30H31NO9. The summed E-state index contributed by atoms with van der Waals surface area (Å²) in [6.45, 7) is -0.703. The van der Waals surface area contributed by atoms with Gasteiger partial charge in [-0.1, -0.05) is 12.1 Å². The maximum absolute atomic E-state index is 13.7. The van der Waals surface area contributed by atoms with Crippen LogP contribution in [0.25, 0.3) is 0 Å². The van der Waals surface area contributed by atoms with Gasteiger partial charge in [-0.15, -0.1) is 0 Å². The molecule has 10 heteroatoms. The number of hydrogen-bond donors (Lipinski definition) is 4. The molecule has 2 saturated carbocycles. The number of methoxy groups -OCH3 is 1. The molecule has 2 aromatic rings. The van der Waals surface area contributed by atoms with E-state index in [1.54, 1.807) is 12.1 Å². The summed E-state index contributed by atoms with van der Waals surface area (Å²) in [5, 5.41) is 32.7. The van der Waals surface area contributed by atoms with E-state index in [0.717, 1.165) is 25.7 Å². The van der Waals surface area contributed by atoms with Gasteiger partial charge >= 0.3 is 0 Å². The average molecular weight is 550 g/mol. The number of hydrogen-bond acceptors (Lipinski definition) is 10. The molecule has 1 saturated heterocycles. The number of aliphatic hydroxyl groups is 1. The number of benzene rings is 2. The fraction of sp³-hybridized carbons (Fsp3) is 0.500. The van der Waals surface area contributed by atoms with Crippen molar-refractivity contribution in [2.75, 3.05) is 13.7 Å². The third kappa shape index (κ3) is 3.33. The maximum Gasteiger partial charge on any atom is 0.202 e. The van der Waals surface area contributed by atoms with Crippen molar-refractivity contribution in [1.82, 2.24) is 0 Å². The number of carbonyl (C=O) groups excluding carboxylic acids is 3. The summed E-state index contributed by atoms with van der Waals surface area (Å²) in [6, 6.07) is 4.45. The van der Waals surface area contributed by atoms with Crippen molar-refractivity contribution in [3.8, 4) is 17.2 Å². The number of nitrogens with two attached hydrogens (primary N) is 1. The van der Waals surface area contributed by atoms with Gasteiger partial charge in [0, 0.05) is 40.5 Å². The molecule has 210 valence electrons. The molecule has 5 N–H and O–H groups in total. The van der Waals surface area contributed by atoms with E-state index in [9.17, 15) is 29.7 Å². The first-order valence-electron chi connectivity index (χ1n) is 13.8. The Morgan fingerprint density at radius 2 is 1.77 bits per heavy atom. The van der Waals surface area contributed by atoms with E-state index < -0.39 is 53.8 Å². The predicted octanol–water partition coefficient (Wildman–Crippen LogP) is 2.45. The number of ketones is 3. The highest BCUT2D eigenvalue weighted by molar-refractivity contribution is 6.31. The highest BCUT2D eigenvalue weighted by Crippen LogP contribution is 2.70. The second-order valence-electron chi connectivity index (χ2n) is 11.8. The van der Waals surface area contributed by atoms with Crippen LogP contribution < -0.4 is 10.5 Å². The number of fused-ring (bicyclic) bond motifs is 4. The molecule has 2 spiro atoms. The summed E-state index contributed by atoms with van der Waals surface area (Å²) in [6.07, 6.45) is 2.62. The van der Waals surface area contributed by atoms with E-state index in [1.165, 1.54) is 13.2 Å². The van der Waals surface area contributed by atoms with E-state index in [0.29, 0.717) is 6.42 Å². The molecule has 40 heavy (non-hydrogen) atoms. The van der Waals surface area contributed by atoms with Crippen LogP contribution in [-0.2, 0) is 20.7 Å². The predicted molar refractivity (Wildman–Crippen MR) is 138 cm³/mol. The van der Waals surface area contributed by atoms with E-state index in [1.807, 2.05) is 0 Å². The second-order valence-corrected chi connectivity index (χ2v) is 11.8. The van der Waals surface area contributed by atoms with Gasteiger partial charge in [-0.2, -0.15) is 0 Å². The van der Waals surface area contributed by atoms with Crippen LogP contribution in [0.1, 0.15) is 87.6 Å². The molecule has 0 radical (unpaired) electrons. The first-order chi connectivity index (χ1) is 19.2. The molecule has 3 fully saturated rings. The van der Waals surface area contributed by atoms with Crippen LogP contribution in [0.3, 0.4) is 0 Å². The summed E-state index contributed by atoms with van der Waals surface area (Å²) in [5.74, 6) is -3.27. The van der Waals surface area contributed by atoms with Gasteiger partial charge < -0.3 is 35.3 Å². The molecule has 5 aliphatic rings. The first-order valence-corrected chi connectivity index (χ1v) is 13.8. The lowest BCUT2D eigenvalue weighted by atomic mass is 9.73. The summed E-state index contributed by atoms with van der Waals surface area (Å²) >= 11 is 0. The van der Waals surface area contributed by atoms with Crippen LogP contribution in [0.2, 0.25) is 0 Å². The Hall–Kier alpha value is -3.31. The Kier molecular flexibility index (Phi) is 5.51. The second kappa shape index (κ2) is 8.59. The summed E-state index contributed by atoms with van der Waals surface area (Å²) in [5.41, 5.74) is 5.95. The molecule has 1 heterocycles. The highest BCUT2D eigenvalue weighted by atomic mass is 16.7. The Morgan fingerprint density at radius 3 is 2.42 bits per heavy atom. The number of aromatic hydroxyl groups is 2. The quantitative estimate of drug-likeness (QED) is 0.347. The summed E-state index contributed by atoms with van der Waals surface area (Å²) in [4.78, 5) is 40.0. The van der Waals surface area contributed by atoms with Crippen molar-refractivity contribution in [3.05, 3.63) is 51.6 Å². The Labute approximate surface area is 230 Å². The van der Waals surface area contributed by atoms with Crippen LogP contribution in [0, 0.1) is 11.3 Å². The van der Waals surface area contributed by atoms with Gasteiger partial charge in [0.2, 0.25) is 5.78 Å². The fourth-order valence-electron chi connectivity index (χ4n) is 7.52. The Balaban J connectivity index is 1.34. The van der Waals surface area contributed by atoms with Crippen molar-refractivity contribution in [2.45, 2.75) is 69.0 Å². The Morgan fingerprint density at radius 1 is 1.05 bits per heavy atom. The van der Waals surface area contributed by atoms with Crippen molar-refractivity contribution in [3.63, 3.8) is 0 Å². The van der Waals surface area contributed by atoms with Gasteiger partial charge in [0.1, 0.15) is 23.9 Å². The lowest BCUT2D eigenvalue weighted by molar-refractivity contribution is -0.253. The van der Waals surface area contributed by atoms with Crippen LogP contribution in [0.15, 0.2) is 18.2 Å². The van der Waals surface area contributed by atoms with Crippen LogP contribution in [0.4, 0.5) is 0 Å². The molecule has 0 aromatic heterocycles. The van der Waals surface area contributed by atoms with Crippen molar-refractivity contribution in [2.24, 2.45) is 17.1 Å². The minimum absolute atomic E-state index is 0.00533. The lowest BCUT2D eigenvalue weighted by Gasteiger charge is -2.44. The van der Waals surface area contributed by atoms with Gasteiger partial charge in [-0.25, -0.2) is 0 Å². The molecule has 4 atom stereocenters. The van der Waals surface area contributed by atoms with Crippen molar-refractivity contribution >= 4 is 17.3 Å². The minimum Gasteiger partial charge on any atom is -0.507 e. The van der Waals surface area contributed by atoms with E-state index in [2.05, 4.69) is 0 Å². The van der Waals surface area contributed by atoms with E-state index >= 15 is 0 Å². The largest absolute Gasteiger partial charge is 0.507 e. The molecular weight excluding hydrogens is 518 g/mol. The SMILES string of the molecule is COc1cccc2c1C(=O)c1c(O)c3c(c(O)c1C2=O)CC(C(=O)CO)CC3OC1CC(N)C2(CC2)C2(CC2)O1. The molecule has 0 amide bonds. The number of Topliss-reactive ketones (excluding diaryl/α,β-unsaturated/α-hetero) is 1. The standard InChI is InChI=1S/C30H31NO9/c1-38-17-4-2-3-14-21(17)27(36)24-23(25(14)34)26(35)15-9-13(16(33)12-32)10-18(22(15)28(24)37)39-20-11-19(31)29(5-6-29)30(40-20)7-8-30/h2-4,13,18-20,32,35,37H,5-12,31H2,1H3. The van der Waals surface area contributed by atoms with Crippen LogP contribution >= 0.6 is 0 Å². The number of ether oxygens (including phenoxy) is 3. The van der Waals surface area contributed by atoms with Gasteiger partial charge in [0.15, 0.2) is 17.9 Å². The summed E-state index contributed by atoms with van der Waals surface area (Å²) < 4.78 is 18.2. The van der Waals surface area contributed by atoms with Gasteiger partial charge in [0.05, 0.1) is 35.5 Å². The molecule has 0 bridgehead atoms. The molecule has 7 rings (SSSR count). The monoisotopic (exact) mass is 549 g/mol. The highest BCUT2D eigenvalue weighted by Gasteiger charge is 2.72. The smallest absolute Gasteiger partial charge is 0.202 e. The minimum atomic E-state index is -0.955. The van der Waals surface area contributed by atoms with E-state index in [-0.39, 0.29) is 69.0 Å². The number of phenolic OH excluding ortho intramolecular Hbond substituents is 2. The number of carbonyl (C=O) groups is 3.